The van der Waals surface area contributed by atoms with Gasteiger partial charge in [-0.1, -0.05) is 0 Å². The van der Waals surface area contributed by atoms with Crippen molar-refractivity contribution in [3.05, 3.63) is 12.1 Å². The Balaban J connectivity index is 1.43. The molecule has 1 amide bonds. The molecule has 3 aliphatic rings. The van der Waals surface area contributed by atoms with Gasteiger partial charge in [0.05, 0.1) is 26.7 Å². The molecule has 1 aromatic rings. The van der Waals surface area contributed by atoms with E-state index in [1.54, 1.807) is 45.2 Å². The molecule has 8 nitrogen and oxygen atoms in total. The average Bonchev–Trinajstić information content (AvgIpc) is 3.14. The highest BCUT2D eigenvalue weighted by Crippen LogP contribution is 2.44. The summed E-state index contributed by atoms with van der Waals surface area (Å²) in [5.41, 5.74) is 7.17. The molecule has 3 aliphatic heterocycles. The number of amides is 1. The van der Waals surface area contributed by atoms with Crippen LogP contribution in [0.4, 0.5) is 5.69 Å². The van der Waals surface area contributed by atoms with E-state index in [0.29, 0.717) is 40.8 Å². The van der Waals surface area contributed by atoms with Crippen molar-refractivity contribution in [2.45, 2.75) is 48.4 Å². The van der Waals surface area contributed by atoms with Gasteiger partial charge in [-0.2, -0.15) is 0 Å². The third-order valence-electron chi connectivity index (χ3n) is 6.86. The molecule has 9 heteroatoms. The van der Waals surface area contributed by atoms with E-state index in [2.05, 4.69) is 16.0 Å². The van der Waals surface area contributed by atoms with Crippen molar-refractivity contribution in [3.63, 3.8) is 0 Å². The third kappa shape index (κ3) is 4.60. The van der Waals surface area contributed by atoms with E-state index in [0.717, 1.165) is 25.9 Å². The first kappa shape index (κ1) is 22.5. The van der Waals surface area contributed by atoms with Crippen LogP contribution in [0.1, 0.15) is 25.7 Å². The number of benzene rings is 1. The second-order valence-corrected chi connectivity index (χ2v) is 9.85. The molecular formula is C22H34N4O4S. The molecular weight excluding hydrogens is 416 g/mol. The third-order valence-corrected chi connectivity index (χ3v) is 8.46. The van der Waals surface area contributed by atoms with E-state index in [4.69, 9.17) is 19.9 Å². The standard InChI is InChI=1S/C22H34N4O4S/c1-28-16-10-13(11-17(29-2)19(16)30-3)25-21(27)20-18(23)14-4-5-15(26-22(14)31-20)12-6-8-24-9-7-12/h10-12,14-15,18,20,22,24,26H,4-9,23H2,1-3H3,(H,25,27). The molecule has 1 aromatic carbocycles. The maximum absolute atomic E-state index is 13.1. The molecule has 172 valence electrons. The Labute approximate surface area is 188 Å². The number of hydrogen-bond donors (Lipinski definition) is 4. The molecule has 5 atom stereocenters. The zero-order valence-corrected chi connectivity index (χ0v) is 19.3. The number of hydrogen-bond acceptors (Lipinski definition) is 8. The Morgan fingerprint density at radius 1 is 1.06 bits per heavy atom. The van der Waals surface area contributed by atoms with Crippen LogP contribution >= 0.6 is 11.8 Å². The van der Waals surface area contributed by atoms with Gasteiger partial charge in [0.2, 0.25) is 11.7 Å². The second-order valence-electron chi connectivity index (χ2n) is 8.56. The molecule has 3 fully saturated rings. The molecule has 4 rings (SSSR count). The Hall–Kier alpha value is -1.68. The minimum absolute atomic E-state index is 0.0820. The Bertz CT molecular complexity index is 764. The number of fused-ring (bicyclic) bond motifs is 1. The summed E-state index contributed by atoms with van der Waals surface area (Å²) >= 11 is 1.67. The van der Waals surface area contributed by atoms with Crippen molar-refractivity contribution in [2.24, 2.45) is 17.6 Å². The summed E-state index contributed by atoms with van der Waals surface area (Å²) < 4.78 is 16.1. The fourth-order valence-corrected chi connectivity index (χ4v) is 6.83. The van der Waals surface area contributed by atoms with Gasteiger partial charge in [0.25, 0.3) is 0 Å². The number of carbonyl (C=O) groups excluding carboxylic acids is 1. The Morgan fingerprint density at radius 2 is 1.74 bits per heavy atom. The summed E-state index contributed by atoms with van der Waals surface area (Å²) in [6.45, 7) is 2.20. The normalized spacial score (nSPS) is 31.0. The maximum atomic E-state index is 13.1. The molecule has 0 radical (unpaired) electrons. The fourth-order valence-electron chi connectivity index (χ4n) is 5.17. The van der Waals surface area contributed by atoms with E-state index in [9.17, 15) is 4.79 Å². The van der Waals surface area contributed by atoms with Crippen LogP contribution in [-0.4, -0.2) is 63.0 Å². The van der Waals surface area contributed by atoms with Crippen molar-refractivity contribution in [3.8, 4) is 17.2 Å². The quantitative estimate of drug-likeness (QED) is 0.520. The molecule has 0 bridgehead atoms. The molecule has 5 N–H and O–H groups in total. The predicted molar refractivity (Wildman–Crippen MR) is 123 cm³/mol. The fraction of sp³-hybridized carbons (Fsp3) is 0.682. The first-order valence-corrected chi connectivity index (χ1v) is 12.0. The van der Waals surface area contributed by atoms with Crippen LogP contribution in [0.3, 0.4) is 0 Å². The van der Waals surface area contributed by atoms with Crippen LogP contribution < -0.4 is 35.9 Å². The van der Waals surface area contributed by atoms with Crippen LogP contribution in [0.5, 0.6) is 17.2 Å². The molecule has 3 heterocycles. The Morgan fingerprint density at radius 3 is 2.35 bits per heavy atom. The van der Waals surface area contributed by atoms with Crippen LogP contribution in [0, 0.1) is 11.8 Å². The highest BCUT2D eigenvalue weighted by Gasteiger charge is 2.48. The van der Waals surface area contributed by atoms with Crippen molar-refractivity contribution in [1.29, 1.82) is 0 Å². The summed E-state index contributed by atoms with van der Waals surface area (Å²) in [6.07, 6.45) is 4.66. The highest BCUT2D eigenvalue weighted by atomic mass is 32.2. The molecule has 0 aliphatic carbocycles. The molecule has 0 aromatic heterocycles. The van der Waals surface area contributed by atoms with Gasteiger partial charge in [-0.15, -0.1) is 11.8 Å². The number of carbonyl (C=O) groups is 1. The van der Waals surface area contributed by atoms with Gasteiger partial charge in [0.15, 0.2) is 11.5 Å². The molecule has 3 saturated heterocycles. The van der Waals surface area contributed by atoms with E-state index in [1.807, 2.05) is 0 Å². The van der Waals surface area contributed by atoms with E-state index in [-0.39, 0.29) is 22.6 Å². The smallest absolute Gasteiger partial charge is 0.239 e. The van der Waals surface area contributed by atoms with Crippen molar-refractivity contribution >= 4 is 23.4 Å². The topological polar surface area (TPSA) is 107 Å². The van der Waals surface area contributed by atoms with E-state index < -0.39 is 0 Å². The minimum atomic E-state index is -0.298. The van der Waals surface area contributed by atoms with Gasteiger partial charge >= 0.3 is 0 Å². The lowest BCUT2D eigenvalue weighted by atomic mass is 9.80. The largest absolute Gasteiger partial charge is 0.493 e. The van der Waals surface area contributed by atoms with E-state index >= 15 is 0 Å². The van der Waals surface area contributed by atoms with Crippen molar-refractivity contribution in [1.82, 2.24) is 10.6 Å². The molecule has 5 unspecified atom stereocenters. The van der Waals surface area contributed by atoms with Crippen molar-refractivity contribution < 1.29 is 19.0 Å². The molecule has 0 spiro atoms. The molecule has 0 saturated carbocycles. The SMILES string of the molecule is COc1cc(NC(=O)C2SC3NC(C4CCNCC4)CCC3C2N)cc(OC)c1OC. The number of anilines is 1. The first-order chi connectivity index (χ1) is 15.0. The summed E-state index contributed by atoms with van der Waals surface area (Å²) in [6, 6.07) is 3.84. The predicted octanol–water partition coefficient (Wildman–Crippen LogP) is 1.79. The van der Waals surface area contributed by atoms with Gasteiger partial charge in [-0.3, -0.25) is 4.79 Å². The van der Waals surface area contributed by atoms with Gasteiger partial charge in [0, 0.05) is 35.8 Å². The zero-order valence-electron chi connectivity index (χ0n) is 18.5. The summed E-state index contributed by atoms with van der Waals surface area (Å²) in [5, 5.41) is 10.2. The zero-order chi connectivity index (χ0) is 22.0. The van der Waals surface area contributed by atoms with Gasteiger partial charge < -0.3 is 35.9 Å². The Kier molecular flexibility index (Phi) is 7.15. The van der Waals surface area contributed by atoms with Crippen LogP contribution in [0.25, 0.3) is 0 Å². The molecule has 31 heavy (non-hydrogen) atoms. The maximum Gasteiger partial charge on any atom is 0.239 e. The highest BCUT2D eigenvalue weighted by molar-refractivity contribution is 8.01. The van der Waals surface area contributed by atoms with Gasteiger partial charge in [-0.05, 0) is 44.7 Å². The van der Waals surface area contributed by atoms with Crippen molar-refractivity contribution in [2.75, 3.05) is 39.7 Å². The summed E-state index contributed by atoms with van der Waals surface area (Å²) in [5.74, 6) is 2.45. The van der Waals surface area contributed by atoms with Crippen LogP contribution in [0.2, 0.25) is 0 Å². The summed E-state index contributed by atoms with van der Waals surface area (Å²) in [7, 11) is 4.67. The summed E-state index contributed by atoms with van der Waals surface area (Å²) in [4.78, 5) is 13.1. The number of rotatable bonds is 6. The number of thioether (sulfide) groups is 1. The number of nitrogens with one attached hydrogen (secondary N) is 3. The van der Waals surface area contributed by atoms with Crippen LogP contribution in [-0.2, 0) is 4.79 Å². The average molecular weight is 451 g/mol. The number of piperidine rings is 2. The number of ether oxygens (including phenoxy) is 3. The lowest BCUT2D eigenvalue weighted by molar-refractivity contribution is -0.116. The minimum Gasteiger partial charge on any atom is -0.493 e. The second kappa shape index (κ2) is 9.85. The first-order valence-electron chi connectivity index (χ1n) is 11.0. The van der Waals surface area contributed by atoms with Gasteiger partial charge in [-0.25, -0.2) is 0 Å². The van der Waals surface area contributed by atoms with E-state index in [1.165, 1.54) is 12.8 Å². The van der Waals surface area contributed by atoms with Gasteiger partial charge in [0.1, 0.15) is 5.25 Å². The number of nitrogens with two attached hydrogens (primary N) is 1. The number of methoxy groups -OCH3 is 3. The van der Waals surface area contributed by atoms with Crippen LogP contribution in [0.15, 0.2) is 12.1 Å². The lowest BCUT2D eigenvalue weighted by Gasteiger charge is -2.39. The lowest BCUT2D eigenvalue weighted by Crippen LogP contribution is -2.52. The monoisotopic (exact) mass is 450 g/mol.